The average molecular weight is 335 g/mol. The number of benzene rings is 2. The fourth-order valence-electron chi connectivity index (χ4n) is 2.01. The number of aromatic nitrogens is 1. The molecule has 0 spiro atoms. The third-order valence-electron chi connectivity index (χ3n) is 2.99. The van der Waals surface area contributed by atoms with Crippen LogP contribution in [0.5, 0.6) is 0 Å². The van der Waals surface area contributed by atoms with Crippen molar-refractivity contribution in [3.05, 3.63) is 58.1 Å². The Morgan fingerprint density at radius 3 is 2.90 bits per heavy atom. The van der Waals surface area contributed by atoms with E-state index in [1.807, 2.05) is 25.1 Å². The van der Waals surface area contributed by atoms with Crippen LogP contribution in [0.2, 0.25) is 0 Å². The van der Waals surface area contributed by atoms with Crippen LogP contribution in [0.3, 0.4) is 0 Å². The standard InChI is InChI=1S/C15H12BrFN2O/c1-9-19-14-7-12(4-5-15(14)20-9)18-8-10-2-3-11(17)6-13(10)16/h2-7,18H,8H2,1H3. The molecule has 3 rings (SSSR count). The van der Waals surface area contributed by atoms with Gasteiger partial charge in [0.05, 0.1) is 0 Å². The van der Waals surface area contributed by atoms with Crippen molar-refractivity contribution in [2.75, 3.05) is 5.32 Å². The second-order valence-corrected chi connectivity index (χ2v) is 5.36. The number of halogens is 2. The van der Waals surface area contributed by atoms with Gasteiger partial charge in [-0.15, -0.1) is 0 Å². The fourth-order valence-corrected chi connectivity index (χ4v) is 2.51. The van der Waals surface area contributed by atoms with Gasteiger partial charge in [0, 0.05) is 23.6 Å². The molecule has 5 heteroatoms. The van der Waals surface area contributed by atoms with Gasteiger partial charge in [0.15, 0.2) is 11.5 Å². The Kier molecular flexibility index (Phi) is 3.44. The molecule has 1 N–H and O–H groups in total. The van der Waals surface area contributed by atoms with E-state index in [-0.39, 0.29) is 5.82 Å². The topological polar surface area (TPSA) is 38.1 Å². The number of hydrogen-bond acceptors (Lipinski definition) is 3. The lowest BCUT2D eigenvalue weighted by atomic mass is 10.2. The molecule has 0 aliphatic rings. The van der Waals surface area contributed by atoms with Gasteiger partial charge in [-0.25, -0.2) is 9.37 Å². The highest BCUT2D eigenvalue weighted by molar-refractivity contribution is 9.10. The van der Waals surface area contributed by atoms with Crippen LogP contribution < -0.4 is 5.32 Å². The number of anilines is 1. The average Bonchev–Trinajstić information content (AvgIpc) is 2.77. The monoisotopic (exact) mass is 334 g/mol. The first-order chi connectivity index (χ1) is 9.61. The third kappa shape index (κ3) is 2.67. The molecule has 3 aromatic rings. The highest BCUT2D eigenvalue weighted by Gasteiger charge is 2.05. The summed E-state index contributed by atoms with van der Waals surface area (Å²) in [5.74, 6) is 0.401. The van der Waals surface area contributed by atoms with Crippen molar-refractivity contribution >= 4 is 32.7 Å². The summed E-state index contributed by atoms with van der Waals surface area (Å²) in [7, 11) is 0. The third-order valence-corrected chi connectivity index (χ3v) is 3.73. The van der Waals surface area contributed by atoms with Gasteiger partial charge in [-0.3, -0.25) is 0 Å². The number of nitrogens with zero attached hydrogens (tertiary/aromatic N) is 1. The second-order valence-electron chi connectivity index (χ2n) is 4.50. The minimum absolute atomic E-state index is 0.250. The van der Waals surface area contributed by atoms with E-state index in [2.05, 4.69) is 26.2 Å². The molecule has 0 aliphatic carbocycles. The van der Waals surface area contributed by atoms with Crippen molar-refractivity contribution in [2.45, 2.75) is 13.5 Å². The summed E-state index contributed by atoms with van der Waals surface area (Å²) >= 11 is 3.36. The lowest BCUT2D eigenvalue weighted by molar-refractivity contribution is 0.561. The van der Waals surface area contributed by atoms with E-state index in [4.69, 9.17) is 4.42 Å². The van der Waals surface area contributed by atoms with Crippen molar-refractivity contribution in [3.63, 3.8) is 0 Å². The smallest absolute Gasteiger partial charge is 0.192 e. The van der Waals surface area contributed by atoms with E-state index < -0.39 is 0 Å². The molecule has 2 aromatic carbocycles. The zero-order valence-corrected chi connectivity index (χ0v) is 12.4. The van der Waals surface area contributed by atoms with Crippen LogP contribution in [0.1, 0.15) is 11.5 Å². The molecule has 0 amide bonds. The minimum atomic E-state index is -0.250. The molecule has 0 aliphatic heterocycles. The van der Waals surface area contributed by atoms with E-state index in [1.165, 1.54) is 12.1 Å². The molecule has 102 valence electrons. The van der Waals surface area contributed by atoms with Crippen molar-refractivity contribution in [1.29, 1.82) is 0 Å². The predicted molar refractivity (Wildman–Crippen MR) is 80.2 cm³/mol. The molecular weight excluding hydrogens is 323 g/mol. The number of aryl methyl sites for hydroxylation is 1. The van der Waals surface area contributed by atoms with Crippen LogP contribution in [0, 0.1) is 12.7 Å². The first-order valence-corrected chi connectivity index (χ1v) is 6.96. The van der Waals surface area contributed by atoms with Gasteiger partial charge in [0.25, 0.3) is 0 Å². The maximum atomic E-state index is 13.0. The summed E-state index contributed by atoms with van der Waals surface area (Å²) < 4.78 is 19.2. The molecule has 0 unspecified atom stereocenters. The van der Waals surface area contributed by atoms with Crippen LogP contribution >= 0.6 is 15.9 Å². The molecule has 0 atom stereocenters. The van der Waals surface area contributed by atoms with Gasteiger partial charge in [0.2, 0.25) is 0 Å². The van der Waals surface area contributed by atoms with Crippen molar-refractivity contribution in [2.24, 2.45) is 0 Å². The van der Waals surface area contributed by atoms with E-state index >= 15 is 0 Å². The zero-order valence-electron chi connectivity index (χ0n) is 10.8. The van der Waals surface area contributed by atoms with E-state index in [0.717, 1.165) is 26.8 Å². The molecule has 0 saturated carbocycles. The van der Waals surface area contributed by atoms with Crippen LogP contribution in [0.15, 0.2) is 45.3 Å². The Hall–Kier alpha value is -1.88. The normalized spacial score (nSPS) is 10.9. The molecule has 0 fully saturated rings. The van der Waals surface area contributed by atoms with Crippen LogP contribution in [0.4, 0.5) is 10.1 Å². The second kappa shape index (κ2) is 5.25. The summed E-state index contributed by atoms with van der Waals surface area (Å²) in [4.78, 5) is 4.29. The number of nitrogens with one attached hydrogen (secondary N) is 1. The number of hydrogen-bond donors (Lipinski definition) is 1. The summed E-state index contributed by atoms with van der Waals surface area (Å²) in [6.07, 6.45) is 0. The van der Waals surface area contributed by atoms with Gasteiger partial charge >= 0.3 is 0 Å². The lowest BCUT2D eigenvalue weighted by Gasteiger charge is -2.08. The van der Waals surface area contributed by atoms with Gasteiger partial charge in [-0.05, 0) is 35.9 Å². The maximum Gasteiger partial charge on any atom is 0.192 e. The predicted octanol–water partition coefficient (Wildman–Crippen LogP) is 4.65. The van der Waals surface area contributed by atoms with E-state index in [1.54, 1.807) is 6.07 Å². The van der Waals surface area contributed by atoms with Crippen molar-refractivity contribution in [1.82, 2.24) is 4.98 Å². The lowest BCUT2D eigenvalue weighted by Crippen LogP contribution is -2.00. The Bertz CT molecular complexity index is 770. The van der Waals surface area contributed by atoms with Gasteiger partial charge in [-0.1, -0.05) is 22.0 Å². The van der Waals surface area contributed by atoms with Crippen LogP contribution in [-0.2, 0) is 6.54 Å². The van der Waals surface area contributed by atoms with Crippen LogP contribution in [-0.4, -0.2) is 4.98 Å². The SMILES string of the molecule is Cc1nc2cc(NCc3ccc(F)cc3Br)ccc2o1. The molecule has 1 heterocycles. The molecule has 0 radical (unpaired) electrons. The molecule has 20 heavy (non-hydrogen) atoms. The van der Waals surface area contributed by atoms with Crippen molar-refractivity contribution in [3.8, 4) is 0 Å². The van der Waals surface area contributed by atoms with Crippen LogP contribution in [0.25, 0.3) is 11.1 Å². The minimum Gasteiger partial charge on any atom is -0.441 e. The molecule has 3 nitrogen and oxygen atoms in total. The van der Waals surface area contributed by atoms with Crippen molar-refractivity contribution < 1.29 is 8.81 Å². The largest absolute Gasteiger partial charge is 0.441 e. The maximum absolute atomic E-state index is 13.0. The van der Waals surface area contributed by atoms with Gasteiger partial charge in [0.1, 0.15) is 11.3 Å². The summed E-state index contributed by atoms with van der Waals surface area (Å²) in [6, 6.07) is 10.4. The number of fused-ring (bicyclic) bond motifs is 1. The Balaban J connectivity index is 1.79. The highest BCUT2D eigenvalue weighted by Crippen LogP contribution is 2.22. The van der Waals surface area contributed by atoms with Gasteiger partial charge in [-0.2, -0.15) is 0 Å². The first-order valence-electron chi connectivity index (χ1n) is 6.17. The Labute approximate surface area is 123 Å². The van der Waals surface area contributed by atoms with E-state index in [0.29, 0.717) is 12.4 Å². The fraction of sp³-hybridized carbons (Fsp3) is 0.133. The van der Waals surface area contributed by atoms with Gasteiger partial charge < -0.3 is 9.73 Å². The molecular formula is C15H12BrFN2O. The van der Waals surface area contributed by atoms with E-state index in [9.17, 15) is 4.39 Å². The summed E-state index contributed by atoms with van der Waals surface area (Å²) in [5.41, 5.74) is 3.53. The highest BCUT2D eigenvalue weighted by atomic mass is 79.9. The quantitative estimate of drug-likeness (QED) is 0.757. The molecule has 0 saturated heterocycles. The summed E-state index contributed by atoms with van der Waals surface area (Å²) in [5, 5.41) is 3.29. The number of rotatable bonds is 3. The molecule has 0 bridgehead atoms. The summed E-state index contributed by atoms with van der Waals surface area (Å²) in [6.45, 7) is 2.42. The zero-order chi connectivity index (χ0) is 14.1. The Morgan fingerprint density at radius 2 is 2.10 bits per heavy atom. The number of oxazole rings is 1. The molecule has 1 aromatic heterocycles. The Morgan fingerprint density at radius 1 is 1.25 bits per heavy atom. The first kappa shape index (κ1) is 13.1.